The van der Waals surface area contributed by atoms with Crippen LogP contribution in [0.25, 0.3) is 0 Å². The number of sulfonamides is 1. The van der Waals surface area contributed by atoms with E-state index in [-0.39, 0.29) is 10.9 Å². The van der Waals surface area contributed by atoms with Gasteiger partial charge in [-0.3, -0.25) is 0 Å². The summed E-state index contributed by atoms with van der Waals surface area (Å²) < 4.78 is 38.4. The van der Waals surface area contributed by atoms with Crippen molar-refractivity contribution >= 4 is 33.0 Å². The highest BCUT2D eigenvalue weighted by Crippen LogP contribution is 2.31. The van der Waals surface area contributed by atoms with Crippen molar-refractivity contribution in [1.29, 1.82) is 0 Å². The van der Waals surface area contributed by atoms with E-state index in [0.717, 1.165) is 4.88 Å². The Labute approximate surface area is 138 Å². The molecule has 0 bridgehead atoms. The zero-order valence-electron chi connectivity index (χ0n) is 12.3. The lowest BCUT2D eigenvalue weighted by Crippen LogP contribution is -2.26. The molecule has 1 aromatic carbocycles. The minimum Gasteiger partial charge on any atom is -0.493 e. The highest BCUT2D eigenvalue weighted by atomic mass is 35.5. The van der Waals surface area contributed by atoms with Crippen molar-refractivity contribution in [2.75, 3.05) is 14.2 Å². The summed E-state index contributed by atoms with van der Waals surface area (Å²) in [6.07, 6.45) is 0. The number of ether oxygens (including phenoxy) is 2. The van der Waals surface area contributed by atoms with Crippen molar-refractivity contribution in [3.63, 3.8) is 0 Å². The molecule has 0 fully saturated rings. The van der Waals surface area contributed by atoms with Gasteiger partial charge in [0.2, 0.25) is 10.0 Å². The Bertz CT molecular complexity index is 758. The highest BCUT2D eigenvalue weighted by molar-refractivity contribution is 7.89. The van der Waals surface area contributed by atoms with E-state index < -0.39 is 10.0 Å². The van der Waals surface area contributed by atoms with Crippen LogP contribution in [0.15, 0.2) is 35.2 Å². The summed E-state index contributed by atoms with van der Waals surface area (Å²) in [4.78, 5) is 0.953. The van der Waals surface area contributed by atoms with E-state index in [1.54, 1.807) is 25.1 Å². The van der Waals surface area contributed by atoms with Crippen LogP contribution in [0.4, 0.5) is 0 Å². The maximum absolute atomic E-state index is 12.5. The van der Waals surface area contributed by atoms with Gasteiger partial charge in [0, 0.05) is 10.9 Å². The van der Waals surface area contributed by atoms with Crippen molar-refractivity contribution in [1.82, 2.24) is 4.72 Å². The summed E-state index contributed by atoms with van der Waals surface area (Å²) in [7, 11) is -0.729. The number of hydrogen-bond acceptors (Lipinski definition) is 5. The number of thiophene rings is 1. The van der Waals surface area contributed by atoms with Gasteiger partial charge in [0.25, 0.3) is 0 Å². The normalized spacial score (nSPS) is 12.9. The van der Waals surface area contributed by atoms with Crippen LogP contribution in [-0.2, 0) is 10.0 Å². The summed E-state index contributed by atoms with van der Waals surface area (Å²) in [5.74, 6) is 0.830. The average molecular weight is 362 g/mol. The minimum absolute atomic E-state index is 0.111. The third kappa shape index (κ3) is 3.73. The predicted molar refractivity (Wildman–Crippen MR) is 87.6 cm³/mol. The zero-order chi connectivity index (χ0) is 16.3. The molecule has 8 heteroatoms. The van der Waals surface area contributed by atoms with E-state index >= 15 is 0 Å². The summed E-state index contributed by atoms with van der Waals surface area (Å²) in [5, 5.41) is 0. The van der Waals surface area contributed by atoms with Crippen LogP contribution in [0, 0.1) is 0 Å². The first-order chi connectivity index (χ1) is 10.4. The number of nitrogens with one attached hydrogen (secondary N) is 1. The van der Waals surface area contributed by atoms with E-state index in [2.05, 4.69) is 4.72 Å². The van der Waals surface area contributed by atoms with E-state index in [4.69, 9.17) is 21.1 Å². The molecule has 1 atom stereocenters. The standard InChI is InChI=1S/C14H16ClNO4S2/c1-9(13-6-7-14(15)21-13)16-22(17,18)10-4-5-11(19-2)12(8-10)20-3/h4-9,16H,1-3H3. The molecule has 1 unspecified atom stereocenters. The summed E-state index contributed by atoms with van der Waals surface area (Å²) >= 11 is 7.22. The van der Waals surface area contributed by atoms with Crippen molar-refractivity contribution < 1.29 is 17.9 Å². The fourth-order valence-corrected chi connectivity index (χ4v) is 4.28. The Morgan fingerprint density at radius 1 is 1.14 bits per heavy atom. The Hall–Kier alpha value is -1.28. The third-order valence-corrected chi connectivity index (χ3v) is 5.97. The van der Waals surface area contributed by atoms with E-state index in [1.165, 1.54) is 37.7 Å². The fourth-order valence-electron chi connectivity index (χ4n) is 1.90. The van der Waals surface area contributed by atoms with Gasteiger partial charge in [0.1, 0.15) is 0 Å². The quantitative estimate of drug-likeness (QED) is 0.855. The Kier molecular flexibility index (Phi) is 5.33. The number of halogens is 1. The van der Waals surface area contributed by atoms with E-state index in [9.17, 15) is 8.42 Å². The van der Waals surface area contributed by atoms with Gasteiger partial charge in [-0.1, -0.05) is 11.6 Å². The van der Waals surface area contributed by atoms with Crippen molar-refractivity contribution in [2.24, 2.45) is 0 Å². The van der Waals surface area contributed by atoms with E-state index in [0.29, 0.717) is 15.8 Å². The summed E-state index contributed by atoms with van der Waals surface area (Å²) in [5.41, 5.74) is 0. The smallest absolute Gasteiger partial charge is 0.241 e. The molecule has 0 aliphatic heterocycles. The molecule has 1 aromatic heterocycles. The number of rotatable bonds is 6. The average Bonchev–Trinajstić information content (AvgIpc) is 2.92. The van der Waals surface area contributed by atoms with Crippen LogP contribution in [0.1, 0.15) is 17.8 Å². The monoisotopic (exact) mass is 361 g/mol. The predicted octanol–water partition coefficient (Wildman–Crippen LogP) is 3.46. The summed E-state index contributed by atoms with van der Waals surface area (Å²) in [6, 6.07) is 7.61. The van der Waals surface area contributed by atoms with Crippen molar-refractivity contribution in [3.8, 4) is 11.5 Å². The maximum Gasteiger partial charge on any atom is 0.241 e. The Morgan fingerprint density at radius 2 is 1.82 bits per heavy atom. The van der Waals surface area contributed by atoms with E-state index in [1.807, 2.05) is 0 Å². The number of methoxy groups -OCH3 is 2. The molecule has 120 valence electrons. The number of hydrogen-bond donors (Lipinski definition) is 1. The lowest BCUT2D eigenvalue weighted by Gasteiger charge is -2.14. The molecule has 22 heavy (non-hydrogen) atoms. The summed E-state index contributed by atoms with van der Waals surface area (Å²) in [6.45, 7) is 1.76. The zero-order valence-corrected chi connectivity index (χ0v) is 14.7. The molecular formula is C14H16ClNO4S2. The molecule has 0 spiro atoms. The molecule has 0 aliphatic carbocycles. The second kappa shape index (κ2) is 6.87. The van der Waals surface area contributed by atoms with Crippen LogP contribution in [0.2, 0.25) is 4.34 Å². The molecule has 0 amide bonds. The largest absolute Gasteiger partial charge is 0.493 e. The molecule has 0 radical (unpaired) electrons. The Morgan fingerprint density at radius 3 is 2.36 bits per heavy atom. The van der Waals surface area contributed by atoms with Crippen molar-refractivity contribution in [2.45, 2.75) is 17.9 Å². The fraction of sp³-hybridized carbons (Fsp3) is 0.286. The molecule has 0 saturated heterocycles. The first-order valence-electron chi connectivity index (χ1n) is 6.37. The maximum atomic E-state index is 12.5. The topological polar surface area (TPSA) is 64.6 Å². The lowest BCUT2D eigenvalue weighted by molar-refractivity contribution is 0.354. The first-order valence-corrected chi connectivity index (χ1v) is 9.04. The second-order valence-electron chi connectivity index (χ2n) is 4.50. The van der Waals surface area contributed by atoms with Crippen LogP contribution >= 0.6 is 22.9 Å². The van der Waals surface area contributed by atoms with Gasteiger partial charge < -0.3 is 9.47 Å². The van der Waals surface area contributed by atoms with Gasteiger partial charge in [-0.2, -0.15) is 0 Å². The Balaban J connectivity index is 2.26. The molecular weight excluding hydrogens is 346 g/mol. The second-order valence-corrected chi connectivity index (χ2v) is 7.96. The van der Waals surface area contributed by atoms with Gasteiger partial charge in [0.15, 0.2) is 11.5 Å². The van der Waals surface area contributed by atoms with Crippen LogP contribution in [0.5, 0.6) is 11.5 Å². The molecule has 1 heterocycles. The van der Waals surface area contributed by atoms with Crippen LogP contribution in [-0.4, -0.2) is 22.6 Å². The van der Waals surface area contributed by atoms with Gasteiger partial charge in [-0.15, -0.1) is 11.3 Å². The van der Waals surface area contributed by atoms with Gasteiger partial charge in [0.05, 0.1) is 29.5 Å². The van der Waals surface area contributed by atoms with Crippen molar-refractivity contribution in [3.05, 3.63) is 39.5 Å². The van der Waals surface area contributed by atoms with Crippen LogP contribution < -0.4 is 14.2 Å². The van der Waals surface area contributed by atoms with Gasteiger partial charge in [-0.05, 0) is 31.2 Å². The molecule has 0 aliphatic rings. The van der Waals surface area contributed by atoms with Gasteiger partial charge >= 0.3 is 0 Å². The molecule has 1 N–H and O–H groups in total. The molecule has 5 nitrogen and oxygen atoms in total. The third-order valence-electron chi connectivity index (χ3n) is 3.02. The van der Waals surface area contributed by atoms with Crippen LogP contribution in [0.3, 0.4) is 0 Å². The molecule has 0 saturated carbocycles. The molecule has 2 rings (SSSR count). The lowest BCUT2D eigenvalue weighted by atomic mass is 10.3. The minimum atomic E-state index is -3.68. The molecule has 2 aromatic rings. The number of benzene rings is 1. The SMILES string of the molecule is COc1ccc(S(=O)(=O)NC(C)c2ccc(Cl)s2)cc1OC. The van der Waals surface area contributed by atoms with Gasteiger partial charge in [-0.25, -0.2) is 13.1 Å². The first kappa shape index (κ1) is 17.1. The highest BCUT2D eigenvalue weighted by Gasteiger charge is 2.21.